The van der Waals surface area contributed by atoms with Gasteiger partial charge in [-0.3, -0.25) is 15.0 Å². The predicted octanol–water partition coefficient (Wildman–Crippen LogP) is 4.14. The van der Waals surface area contributed by atoms with Gasteiger partial charge in [0, 0.05) is 17.3 Å². The van der Waals surface area contributed by atoms with Crippen molar-refractivity contribution in [3.63, 3.8) is 0 Å². The first-order valence-corrected chi connectivity index (χ1v) is 10.6. The van der Waals surface area contributed by atoms with Gasteiger partial charge in [0.25, 0.3) is 5.91 Å². The number of carbonyl (C=O) groups excluding carboxylic acids is 2. The van der Waals surface area contributed by atoms with E-state index in [0.29, 0.717) is 18.0 Å². The maximum atomic E-state index is 14.1. The highest BCUT2D eigenvalue weighted by molar-refractivity contribution is 6.30. The van der Waals surface area contributed by atoms with Crippen molar-refractivity contribution in [1.82, 2.24) is 10.9 Å². The van der Waals surface area contributed by atoms with Gasteiger partial charge in [-0.25, -0.2) is 9.82 Å². The smallest absolute Gasteiger partial charge is 0.258 e. The van der Waals surface area contributed by atoms with Crippen LogP contribution in [0.5, 0.6) is 5.75 Å². The molecule has 1 saturated heterocycles. The molecule has 1 aliphatic heterocycles. The maximum Gasteiger partial charge on any atom is 0.258 e. The van der Waals surface area contributed by atoms with Crippen molar-refractivity contribution in [2.24, 2.45) is 5.92 Å². The maximum absolute atomic E-state index is 14.1. The number of methoxy groups -OCH3 is 1. The molecule has 33 heavy (non-hydrogen) atoms. The van der Waals surface area contributed by atoms with Crippen LogP contribution < -0.4 is 26.2 Å². The summed E-state index contributed by atoms with van der Waals surface area (Å²) >= 11 is 5.76. The van der Waals surface area contributed by atoms with E-state index in [1.165, 1.54) is 19.2 Å². The average molecular weight is 469 g/mol. The minimum atomic E-state index is -0.739. The van der Waals surface area contributed by atoms with Crippen LogP contribution in [0, 0.1) is 11.7 Å². The van der Waals surface area contributed by atoms with E-state index >= 15 is 0 Å². The fraction of sp³-hybridized carbons (Fsp3) is 0.167. The summed E-state index contributed by atoms with van der Waals surface area (Å²) in [7, 11) is 1.45. The van der Waals surface area contributed by atoms with Gasteiger partial charge >= 0.3 is 0 Å². The molecular formula is C24H22ClFN4O3. The van der Waals surface area contributed by atoms with E-state index in [0.717, 1.165) is 11.6 Å². The fourth-order valence-corrected chi connectivity index (χ4v) is 3.86. The van der Waals surface area contributed by atoms with Gasteiger partial charge in [0.2, 0.25) is 5.91 Å². The molecule has 3 aromatic carbocycles. The molecule has 0 bridgehead atoms. The number of anilines is 2. The zero-order chi connectivity index (χ0) is 23.4. The van der Waals surface area contributed by atoms with Crippen molar-refractivity contribution in [1.29, 1.82) is 0 Å². The van der Waals surface area contributed by atoms with Crippen LogP contribution in [0.25, 0.3) is 0 Å². The highest BCUT2D eigenvalue weighted by atomic mass is 35.5. The largest absolute Gasteiger partial charge is 0.495 e. The molecule has 0 aromatic heterocycles. The second kappa shape index (κ2) is 9.99. The minimum absolute atomic E-state index is 0.162. The third kappa shape index (κ3) is 5.14. The molecule has 2 atom stereocenters. The first-order valence-electron chi connectivity index (χ1n) is 10.2. The van der Waals surface area contributed by atoms with Crippen molar-refractivity contribution < 1.29 is 18.7 Å². The Labute approximate surface area is 195 Å². The Hall–Kier alpha value is -3.46. The summed E-state index contributed by atoms with van der Waals surface area (Å²) in [6.07, 6.45) is 0. The summed E-state index contributed by atoms with van der Waals surface area (Å²) in [5, 5.41) is 5.71. The van der Waals surface area contributed by atoms with Gasteiger partial charge in [0.15, 0.2) is 0 Å². The molecule has 0 saturated carbocycles. The molecular weight excluding hydrogens is 447 g/mol. The number of amides is 2. The minimum Gasteiger partial charge on any atom is -0.495 e. The van der Waals surface area contributed by atoms with E-state index < -0.39 is 11.7 Å². The molecule has 2 amide bonds. The van der Waals surface area contributed by atoms with E-state index in [9.17, 15) is 14.0 Å². The number of hydrogen-bond donors (Lipinski definition) is 4. The number of benzene rings is 3. The van der Waals surface area contributed by atoms with Crippen LogP contribution in [0.15, 0.2) is 66.7 Å². The van der Waals surface area contributed by atoms with Crippen LogP contribution in [0.2, 0.25) is 5.02 Å². The van der Waals surface area contributed by atoms with Crippen molar-refractivity contribution in [3.8, 4) is 5.75 Å². The Kier molecular flexibility index (Phi) is 6.88. The lowest BCUT2D eigenvalue weighted by Gasteiger charge is -2.19. The van der Waals surface area contributed by atoms with Gasteiger partial charge in [-0.15, -0.1) is 0 Å². The number of carbonyl (C=O) groups is 2. The van der Waals surface area contributed by atoms with Crippen LogP contribution in [0.3, 0.4) is 0 Å². The second-order valence-corrected chi connectivity index (χ2v) is 7.94. The number of hydrazine groups is 1. The summed E-state index contributed by atoms with van der Waals surface area (Å²) in [5.41, 5.74) is 7.76. The van der Waals surface area contributed by atoms with Gasteiger partial charge < -0.3 is 15.4 Å². The predicted molar refractivity (Wildman–Crippen MR) is 125 cm³/mol. The molecule has 3 aromatic rings. The van der Waals surface area contributed by atoms with Gasteiger partial charge in [-0.1, -0.05) is 41.9 Å². The van der Waals surface area contributed by atoms with Crippen molar-refractivity contribution in [2.45, 2.75) is 6.04 Å². The summed E-state index contributed by atoms with van der Waals surface area (Å²) in [4.78, 5) is 25.6. The Bertz CT molecular complexity index is 1180. The van der Waals surface area contributed by atoms with Crippen LogP contribution in [-0.2, 0) is 4.79 Å². The van der Waals surface area contributed by atoms with Crippen molar-refractivity contribution in [3.05, 3.63) is 88.7 Å². The molecule has 1 aliphatic rings. The summed E-state index contributed by atoms with van der Waals surface area (Å²) < 4.78 is 19.4. The highest BCUT2D eigenvalue weighted by Crippen LogP contribution is 2.30. The van der Waals surface area contributed by atoms with E-state index in [4.69, 9.17) is 16.3 Å². The van der Waals surface area contributed by atoms with E-state index in [1.807, 2.05) is 30.3 Å². The molecule has 4 rings (SSSR count). The number of rotatable bonds is 6. The van der Waals surface area contributed by atoms with Gasteiger partial charge in [-0.05, 0) is 42.0 Å². The third-order valence-electron chi connectivity index (χ3n) is 5.37. The lowest BCUT2D eigenvalue weighted by Crippen LogP contribution is -2.29. The average Bonchev–Trinajstić information content (AvgIpc) is 3.30. The number of halogens is 2. The quantitative estimate of drug-likeness (QED) is 0.436. The van der Waals surface area contributed by atoms with Gasteiger partial charge in [-0.2, -0.15) is 0 Å². The zero-order valence-electron chi connectivity index (χ0n) is 17.7. The van der Waals surface area contributed by atoms with Crippen LogP contribution in [0.4, 0.5) is 15.8 Å². The SMILES string of the molecule is COc1ccc(NC(=O)C2CNNC2c2ccccc2)cc1NC(=O)c1ccc(Cl)cc1F. The summed E-state index contributed by atoms with van der Waals surface area (Å²) in [5.74, 6) is -1.58. The molecule has 0 radical (unpaired) electrons. The van der Waals surface area contributed by atoms with E-state index in [2.05, 4.69) is 21.5 Å². The Morgan fingerprint density at radius 2 is 1.85 bits per heavy atom. The number of nitrogens with one attached hydrogen (secondary N) is 4. The molecule has 4 N–H and O–H groups in total. The topological polar surface area (TPSA) is 91.5 Å². The third-order valence-corrected chi connectivity index (χ3v) is 5.60. The highest BCUT2D eigenvalue weighted by Gasteiger charge is 2.34. The molecule has 170 valence electrons. The van der Waals surface area contributed by atoms with Crippen molar-refractivity contribution >= 4 is 34.8 Å². The normalized spacial score (nSPS) is 17.4. The molecule has 1 fully saturated rings. The lowest BCUT2D eigenvalue weighted by molar-refractivity contribution is -0.119. The zero-order valence-corrected chi connectivity index (χ0v) is 18.4. The molecule has 9 heteroatoms. The van der Waals surface area contributed by atoms with Gasteiger partial charge in [0.05, 0.1) is 30.3 Å². The van der Waals surface area contributed by atoms with Crippen molar-refractivity contribution in [2.75, 3.05) is 24.3 Å². The second-order valence-electron chi connectivity index (χ2n) is 7.50. The Morgan fingerprint density at radius 3 is 2.58 bits per heavy atom. The van der Waals surface area contributed by atoms with E-state index in [-0.39, 0.29) is 34.1 Å². The number of ether oxygens (including phenoxy) is 1. The van der Waals surface area contributed by atoms with Crippen LogP contribution in [0.1, 0.15) is 22.0 Å². The fourth-order valence-electron chi connectivity index (χ4n) is 3.70. The van der Waals surface area contributed by atoms with E-state index in [1.54, 1.807) is 18.2 Å². The summed E-state index contributed by atoms with van der Waals surface area (Å²) in [6.45, 7) is 0.459. The standard InChI is InChI=1S/C24H22ClFN4O3/c1-33-21-10-8-16(12-20(21)29-23(31)17-9-7-15(25)11-19(17)26)28-24(32)18-13-27-30-22(18)14-5-3-2-4-6-14/h2-12,18,22,27,30H,13H2,1H3,(H,28,32)(H,29,31). The molecule has 0 aliphatic carbocycles. The molecule has 2 unspecified atom stereocenters. The lowest BCUT2D eigenvalue weighted by atomic mass is 9.94. The first-order chi connectivity index (χ1) is 16.0. The van der Waals surface area contributed by atoms with Crippen LogP contribution >= 0.6 is 11.6 Å². The van der Waals surface area contributed by atoms with Crippen LogP contribution in [-0.4, -0.2) is 25.5 Å². The monoisotopic (exact) mass is 468 g/mol. The van der Waals surface area contributed by atoms with Gasteiger partial charge in [0.1, 0.15) is 11.6 Å². The summed E-state index contributed by atoms with van der Waals surface area (Å²) in [6, 6.07) is 18.1. The molecule has 0 spiro atoms. The Balaban J connectivity index is 1.51. The molecule has 1 heterocycles. The Morgan fingerprint density at radius 1 is 1.06 bits per heavy atom. The molecule has 7 nitrogen and oxygen atoms in total. The first kappa shape index (κ1) is 22.7. The number of hydrogen-bond acceptors (Lipinski definition) is 5.